The van der Waals surface area contributed by atoms with Crippen molar-refractivity contribution >= 4 is 0 Å². The standard InChI is InChI=1S/C30H46O20/c31-6-13-16(34)17(35)20(38)27(46-13)49-23-14(7-32)47-28(22(40)19(23)37)50-24-15(9-44-29-25(41)30(42,10-33)11-45-29)48-26(21(39)18(24)36)43-8-12-4-2-1-3-5-12/h1-5,13-29,31-42H,6-11H2/t13-,14-,15-,16-,17+,18-,19-,20-,21-,22-,23-,24-,25+,26-,27+,28+,29-,30-/m1/s1. The third kappa shape index (κ3) is 8.30. The Kier molecular flexibility index (Phi) is 13.5. The summed E-state index contributed by atoms with van der Waals surface area (Å²) in [5.41, 5.74) is -1.31. The van der Waals surface area contributed by atoms with Crippen molar-refractivity contribution < 1.29 is 99.2 Å². The Morgan fingerprint density at radius 1 is 0.600 bits per heavy atom. The first-order valence-corrected chi connectivity index (χ1v) is 16.0. The predicted octanol–water partition coefficient (Wildman–Crippen LogP) is -6.88. The zero-order chi connectivity index (χ0) is 36.3. The second-order valence-corrected chi connectivity index (χ2v) is 12.6. The summed E-state index contributed by atoms with van der Waals surface area (Å²) in [6, 6.07) is 8.80. The molecule has 4 fully saturated rings. The lowest BCUT2D eigenvalue weighted by molar-refractivity contribution is -0.381. The lowest BCUT2D eigenvalue weighted by Gasteiger charge is -2.48. The highest BCUT2D eigenvalue weighted by Gasteiger charge is 2.54. The van der Waals surface area contributed by atoms with Gasteiger partial charge in [0.15, 0.2) is 25.2 Å². The molecule has 4 heterocycles. The Balaban J connectivity index is 1.30. The normalized spacial score (nSPS) is 47.0. The molecule has 0 aromatic heterocycles. The first kappa shape index (κ1) is 39.6. The Morgan fingerprint density at radius 3 is 1.72 bits per heavy atom. The van der Waals surface area contributed by atoms with Crippen LogP contribution in [-0.2, 0) is 44.5 Å². The van der Waals surface area contributed by atoms with Crippen LogP contribution in [0.25, 0.3) is 0 Å². The average Bonchev–Trinajstić information content (AvgIpc) is 3.41. The summed E-state index contributed by atoms with van der Waals surface area (Å²) in [7, 11) is 0. The van der Waals surface area contributed by atoms with Crippen LogP contribution in [0, 0.1) is 0 Å². The predicted molar refractivity (Wildman–Crippen MR) is 157 cm³/mol. The van der Waals surface area contributed by atoms with Crippen molar-refractivity contribution in [3.63, 3.8) is 0 Å². The van der Waals surface area contributed by atoms with Gasteiger partial charge in [-0.2, -0.15) is 0 Å². The van der Waals surface area contributed by atoms with Crippen molar-refractivity contribution in [2.24, 2.45) is 0 Å². The van der Waals surface area contributed by atoms with E-state index in [9.17, 15) is 61.3 Å². The Hall–Kier alpha value is -1.58. The van der Waals surface area contributed by atoms with Gasteiger partial charge in [0.05, 0.1) is 39.6 Å². The minimum absolute atomic E-state index is 0.0486. The smallest absolute Gasteiger partial charge is 0.187 e. The highest BCUT2D eigenvalue weighted by Crippen LogP contribution is 2.34. The Morgan fingerprint density at radius 2 is 1.14 bits per heavy atom. The van der Waals surface area contributed by atoms with E-state index >= 15 is 0 Å². The van der Waals surface area contributed by atoms with E-state index in [2.05, 4.69) is 0 Å². The van der Waals surface area contributed by atoms with Crippen LogP contribution in [0.3, 0.4) is 0 Å². The summed E-state index contributed by atoms with van der Waals surface area (Å²) < 4.78 is 44.8. The molecule has 50 heavy (non-hydrogen) atoms. The van der Waals surface area contributed by atoms with Gasteiger partial charge in [0.1, 0.15) is 85.0 Å². The van der Waals surface area contributed by atoms with Gasteiger partial charge in [-0.1, -0.05) is 30.3 Å². The summed E-state index contributed by atoms with van der Waals surface area (Å²) >= 11 is 0. The topological polar surface area (TPSA) is 317 Å². The molecule has 4 aliphatic heterocycles. The first-order valence-electron chi connectivity index (χ1n) is 16.0. The number of aliphatic hydroxyl groups excluding tert-OH is 11. The maximum atomic E-state index is 11.2. The lowest BCUT2D eigenvalue weighted by atomic mass is 9.96. The van der Waals surface area contributed by atoms with Crippen LogP contribution in [0.15, 0.2) is 30.3 Å². The molecule has 0 aliphatic carbocycles. The third-order valence-electron chi connectivity index (χ3n) is 9.15. The van der Waals surface area contributed by atoms with Gasteiger partial charge >= 0.3 is 0 Å². The molecule has 4 saturated heterocycles. The highest BCUT2D eigenvalue weighted by molar-refractivity contribution is 5.13. The van der Waals surface area contributed by atoms with Gasteiger partial charge < -0.3 is 99.2 Å². The molecule has 18 atom stereocenters. The van der Waals surface area contributed by atoms with Crippen molar-refractivity contribution in [1.29, 1.82) is 0 Å². The molecule has 12 N–H and O–H groups in total. The molecule has 286 valence electrons. The fourth-order valence-corrected chi connectivity index (χ4v) is 6.05. The van der Waals surface area contributed by atoms with E-state index in [1.807, 2.05) is 0 Å². The quantitative estimate of drug-likeness (QED) is 0.0898. The Bertz CT molecular complexity index is 1180. The van der Waals surface area contributed by atoms with Crippen molar-refractivity contribution in [2.45, 2.75) is 117 Å². The van der Waals surface area contributed by atoms with Crippen molar-refractivity contribution in [2.75, 3.05) is 33.0 Å². The van der Waals surface area contributed by atoms with E-state index in [4.69, 9.17) is 37.9 Å². The maximum Gasteiger partial charge on any atom is 0.187 e. The van der Waals surface area contributed by atoms with Gasteiger partial charge in [-0.05, 0) is 5.56 Å². The zero-order valence-corrected chi connectivity index (χ0v) is 26.6. The molecule has 1 aromatic carbocycles. The highest BCUT2D eigenvalue weighted by atomic mass is 16.8. The van der Waals surface area contributed by atoms with Crippen LogP contribution in [0.4, 0.5) is 0 Å². The summed E-state index contributed by atoms with van der Waals surface area (Å²) in [5.74, 6) is 0. The fourth-order valence-electron chi connectivity index (χ4n) is 6.05. The summed E-state index contributed by atoms with van der Waals surface area (Å²) in [5, 5.41) is 125. The Labute approximate surface area is 285 Å². The van der Waals surface area contributed by atoms with Crippen LogP contribution in [0.5, 0.6) is 0 Å². The summed E-state index contributed by atoms with van der Waals surface area (Å²) in [6.45, 7) is -3.56. The lowest BCUT2D eigenvalue weighted by Crippen LogP contribution is -2.66. The van der Waals surface area contributed by atoms with E-state index in [1.54, 1.807) is 30.3 Å². The molecule has 0 radical (unpaired) electrons. The van der Waals surface area contributed by atoms with E-state index in [1.165, 1.54) is 0 Å². The average molecular weight is 727 g/mol. The minimum Gasteiger partial charge on any atom is -0.394 e. The SMILES string of the molecule is OC[C@H]1O[C@@H](O[C@H]2[C@H](O)[C@@H](O)[C@H](O[C@H]3[C@H](O)[C@@H](O)[C@H](OCc4ccccc4)O[C@@H]3CO[C@@H]3OC[C@](O)(CO)[C@H]3O)O[C@@H]2CO)[C@H](O)[C@@H](O)[C@@H]1O. The number of hydrogen-bond acceptors (Lipinski definition) is 20. The molecule has 5 rings (SSSR count). The van der Waals surface area contributed by atoms with Crippen LogP contribution < -0.4 is 0 Å². The number of aliphatic hydroxyl groups is 12. The molecule has 0 amide bonds. The molecule has 1 aromatic rings. The maximum absolute atomic E-state index is 11.2. The number of benzene rings is 1. The monoisotopic (exact) mass is 726 g/mol. The van der Waals surface area contributed by atoms with Gasteiger partial charge in [0, 0.05) is 0 Å². The molecule has 0 saturated carbocycles. The van der Waals surface area contributed by atoms with Crippen molar-refractivity contribution in [1.82, 2.24) is 0 Å². The second kappa shape index (κ2) is 17.0. The van der Waals surface area contributed by atoms with E-state index in [0.717, 1.165) is 0 Å². The van der Waals surface area contributed by atoms with Gasteiger partial charge in [-0.25, -0.2) is 0 Å². The molecular formula is C30H46O20. The zero-order valence-electron chi connectivity index (χ0n) is 26.6. The summed E-state index contributed by atoms with van der Waals surface area (Å²) in [6.07, 6.45) is -28.7. The molecule has 0 bridgehead atoms. The number of ether oxygens (including phenoxy) is 8. The number of rotatable bonds is 13. The van der Waals surface area contributed by atoms with Crippen molar-refractivity contribution in [3.05, 3.63) is 35.9 Å². The minimum atomic E-state index is -2.02. The van der Waals surface area contributed by atoms with E-state index in [0.29, 0.717) is 5.56 Å². The van der Waals surface area contributed by atoms with Crippen LogP contribution >= 0.6 is 0 Å². The summed E-state index contributed by atoms with van der Waals surface area (Å²) in [4.78, 5) is 0. The molecule has 4 aliphatic rings. The molecule has 0 spiro atoms. The van der Waals surface area contributed by atoms with Crippen LogP contribution in [-0.4, -0.2) is 204 Å². The van der Waals surface area contributed by atoms with Gasteiger partial charge in [-0.3, -0.25) is 0 Å². The fraction of sp³-hybridized carbons (Fsp3) is 0.800. The van der Waals surface area contributed by atoms with Crippen LogP contribution in [0.1, 0.15) is 5.56 Å². The van der Waals surface area contributed by atoms with Crippen LogP contribution in [0.2, 0.25) is 0 Å². The largest absolute Gasteiger partial charge is 0.394 e. The number of hydrogen-bond donors (Lipinski definition) is 12. The first-order chi connectivity index (χ1) is 23.8. The van der Waals surface area contributed by atoms with Gasteiger partial charge in [-0.15, -0.1) is 0 Å². The van der Waals surface area contributed by atoms with E-state index in [-0.39, 0.29) is 6.61 Å². The molecule has 20 heteroatoms. The van der Waals surface area contributed by atoms with Gasteiger partial charge in [0.2, 0.25) is 0 Å². The second-order valence-electron chi connectivity index (χ2n) is 12.6. The van der Waals surface area contributed by atoms with Gasteiger partial charge in [0.25, 0.3) is 0 Å². The van der Waals surface area contributed by atoms with E-state index < -0.39 is 143 Å². The molecule has 0 unspecified atom stereocenters. The molecular weight excluding hydrogens is 680 g/mol. The third-order valence-corrected chi connectivity index (χ3v) is 9.15. The molecule has 20 nitrogen and oxygen atoms in total. The van der Waals surface area contributed by atoms with Crippen molar-refractivity contribution in [3.8, 4) is 0 Å².